The average molecular weight is 139 g/mol. The van der Waals surface area contributed by atoms with Crippen LogP contribution in [0.2, 0.25) is 0 Å². The fraction of sp³-hybridized carbons (Fsp3) is 0.143. The third-order valence-electron chi connectivity index (χ3n) is 1.28. The van der Waals surface area contributed by atoms with Gasteiger partial charge < -0.3 is 5.73 Å². The van der Waals surface area contributed by atoms with Gasteiger partial charge in [-0.2, -0.15) is 0 Å². The summed E-state index contributed by atoms with van der Waals surface area (Å²) >= 11 is 0. The van der Waals surface area contributed by atoms with Gasteiger partial charge in [0.05, 0.1) is 0 Å². The maximum Gasteiger partial charge on any atom is 0.0184 e. The lowest BCUT2D eigenvalue weighted by molar-refractivity contribution is 1.08. The van der Waals surface area contributed by atoms with Crippen LogP contribution in [0.15, 0.2) is 24.3 Å². The molecule has 0 saturated heterocycles. The molecule has 2 N–H and O–H groups in total. The lowest BCUT2D eigenvalue weighted by Crippen LogP contribution is -2.06. The van der Waals surface area contributed by atoms with Crippen LogP contribution in [0.1, 0.15) is 5.56 Å². The standard InChI is InChI=1S/C7H10NP/c8-5-6-3-1-2-4-7(6)9/h1-4H,5,8-9H2. The molecule has 0 saturated carbocycles. The van der Waals surface area contributed by atoms with Crippen LogP contribution in [0.4, 0.5) is 0 Å². The van der Waals surface area contributed by atoms with E-state index in [0.717, 1.165) is 0 Å². The molecule has 1 atom stereocenters. The van der Waals surface area contributed by atoms with Crippen molar-refractivity contribution in [2.45, 2.75) is 6.54 Å². The highest BCUT2D eigenvalue weighted by Gasteiger charge is 1.89. The van der Waals surface area contributed by atoms with Gasteiger partial charge in [-0.05, 0) is 10.9 Å². The first-order valence-corrected chi connectivity index (χ1v) is 3.46. The van der Waals surface area contributed by atoms with Gasteiger partial charge in [-0.15, -0.1) is 9.24 Å². The predicted molar refractivity (Wildman–Crippen MR) is 43.7 cm³/mol. The van der Waals surface area contributed by atoms with E-state index >= 15 is 0 Å². The first-order chi connectivity index (χ1) is 4.34. The van der Waals surface area contributed by atoms with Gasteiger partial charge in [-0.25, -0.2) is 0 Å². The molecule has 0 radical (unpaired) electrons. The Bertz CT molecular complexity index is 198. The molecule has 0 amide bonds. The minimum atomic E-state index is 0.625. The molecule has 1 unspecified atom stereocenters. The second kappa shape index (κ2) is 2.95. The summed E-state index contributed by atoms with van der Waals surface area (Å²) in [6, 6.07) is 8.06. The zero-order valence-corrected chi connectivity index (χ0v) is 6.33. The zero-order chi connectivity index (χ0) is 6.69. The van der Waals surface area contributed by atoms with Crippen molar-refractivity contribution in [1.29, 1.82) is 0 Å². The highest BCUT2D eigenvalue weighted by atomic mass is 31.0. The first-order valence-electron chi connectivity index (χ1n) is 2.88. The minimum Gasteiger partial charge on any atom is -0.326 e. The van der Waals surface area contributed by atoms with Gasteiger partial charge in [0.2, 0.25) is 0 Å². The summed E-state index contributed by atoms with van der Waals surface area (Å²) in [4.78, 5) is 0. The fourth-order valence-electron chi connectivity index (χ4n) is 0.720. The molecule has 0 aromatic heterocycles. The van der Waals surface area contributed by atoms with Crippen LogP contribution >= 0.6 is 9.24 Å². The topological polar surface area (TPSA) is 26.0 Å². The molecule has 2 heteroatoms. The van der Waals surface area contributed by atoms with Crippen LogP contribution in [-0.2, 0) is 6.54 Å². The molecule has 0 aliphatic heterocycles. The highest BCUT2D eigenvalue weighted by molar-refractivity contribution is 7.27. The molecule has 1 aromatic carbocycles. The van der Waals surface area contributed by atoms with Crippen LogP contribution in [0, 0.1) is 0 Å². The summed E-state index contributed by atoms with van der Waals surface area (Å²) in [5.41, 5.74) is 6.63. The highest BCUT2D eigenvalue weighted by Crippen LogP contribution is 1.97. The monoisotopic (exact) mass is 139 g/mol. The second-order valence-electron chi connectivity index (χ2n) is 1.90. The summed E-state index contributed by atoms with van der Waals surface area (Å²) in [6.45, 7) is 0.625. The van der Waals surface area contributed by atoms with Gasteiger partial charge >= 0.3 is 0 Å². The van der Waals surface area contributed by atoms with Gasteiger partial charge in [0, 0.05) is 6.54 Å². The zero-order valence-electron chi connectivity index (χ0n) is 5.17. The smallest absolute Gasteiger partial charge is 0.0184 e. The van der Waals surface area contributed by atoms with E-state index in [-0.39, 0.29) is 0 Å². The van der Waals surface area contributed by atoms with Gasteiger partial charge in [0.25, 0.3) is 0 Å². The van der Waals surface area contributed by atoms with Gasteiger partial charge in [-0.3, -0.25) is 0 Å². The van der Waals surface area contributed by atoms with Crippen LogP contribution in [-0.4, -0.2) is 0 Å². The number of nitrogens with two attached hydrogens (primary N) is 1. The third kappa shape index (κ3) is 1.51. The Morgan fingerprint density at radius 1 is 1.33 bits per heavy atom. The van der Waals surface area contributed by atoms with Crippen molar-refractivity contribution in [3.05, 3.63) is 29.8 Å². The molecule has 0 aliphatic carbocycles. The van der Waals surface area contributed by atoms with E-state index in [0.29, 0.717) is 6.54 Å². The average Bonchev–Trinajstić information content (AvgIpc) is 1.89. The van der Waals surface area contributed by atoms with Gasteiger partial charge in [0.1, 0.15) is 0 Å². The Hall–Kier alpha value is -0.390. The first kappa shape index (κ1) is 6.73. The maximum atomic E-state index is 5.44. The second-order valence-corrected chi connectivity index (χ2v) is 2.52. The Morgan fingerprint density at radius 2 is 2.00 bits per heavy atom. The molecule has 1 rings (SSSR count). The largest absolute Gasteiger partial charge is 0.326 e. The van der Waals surface area contributed by atoms with Crippen LogP contribution in [0.3, 0.4) is 0 Å². The van der Waals surface area contributed by atoms with Crippen molar-refractivity contribution >= 4 is 14.5 Å². The van der Waals surface area contributed by atoms with E-state index in [1.165, 1.54) is 10.9 Å². The molecule has 9 heavy (non-hydrogen) atoms. The third-order valence-corrected chi connectivity index (χ3v) is 1.84. The van der Waals surface area contributed by atoms with E-state index in [2.05, 4.69) is 9.24 Å². The van der Waals surface area contributed by atoms with E-state index < -0.39 is 0 Å². The molecule has 0 heterocycles. The number of rotatable bonds is 1. The summed E-state index contributed by atoms with van der Waals surface area (Å²) in [5, 5.41) is 1.19. The minimum absolute atomic E-state index is 0.625. The van der Waals surface area contributed by atoms with Gasteiger partial charge in [-0.1, -0.05) is 24.3 Å². The number of hydrogen-bond acceptors (Lipinski definition) is 1. The fourth-order valence-corrected chi connectivity index (χ4v) is 1.05. The van der Waals surface area contributed by atoms with Crippen molar-refractivity contribution < 1.29 is 0 Å². The molecule has 48 valence electrons. The molecule has 1 nitrogen and oxygen atoms in total. The Balaban J connectivity index is 3.01. The van der Waals surface area contributed by atoms with Crippen molar-refractivity contribution in [3.8, 4) is 0 Å². The van der Waals surface area contributed by atoms with Crippen molar-refractivity contribution in [2.75, 3.05) is 0 Å². The Labute approximate surface area is 57.5 Å². The van der Waals surface area contributed by atoms with E-state index in [4.69, 9.17) is 5.73 Å². The summed E-state index contributed by atoms with van der Waals surface area (Å²) in [6.07, 6.45) is 0. The van der Waals surface area contributed by atoms with Crippen molar-refractivity contribution in [3.63, 3.8) is 0 Å². The molecule has 0 bridgehead atoms. The lowest BCUT2D eigenvalue weighted by atomic mass is 10.2. The molecule has 0 aliphatic rings. The van der Waals surface area contributed by atoms with Crippen molar-refractivity contribution in [2.24, 2.45) is 5.73 Å². The Kier molecular flexibility index (Phi) is 2.21. The quantitative estimate of drug-likeness (QED) is 0.568. The molecular formula is C7H10NP. The van der Waals surface area contributed by atoms with E-state index in [1.807, 2.05) is 24.3 Å². The maximum absolute atomic E-state index is 5.44. The van der Waals surface area contributed by atoms with Crippen molar-refractivity contribution in [1.82, 2.24) is 0 Å². The molecule has 0 spiro atoms. The molecule has 0 fully saturated rings. The summed E-state index contributed by atoms with van der Waals surface area (Å²) < 4.78 is 0. The SMILES string of the molecule is NCc1ccccc1P. The van der Waals surface area contributed by atoms with Crippen LogP contribution in [0.5, 0.6) is 0 Å². The van der Waals surface area contributed by atoms with E-state index in [1.54, 1.807) is 0 Å². The van der Waals surface area contributed by atoms with E-state index in [9.17, 15) is 0 Å². The number of hydrogen-bond donors (Lipinski definition) is 1. The summed E-state index contributed by atoms with van der Waals surface area (Å²) in [5.74, 6) is 0. The number of benzene rings is 1. The van der Waals surface area contributed by atoms with Gasteiger partial charge in [0.15, 0.2) is 0 Å². The normalized spacial score (nSPS) is 9.56. The lowest BCUT2D eigenvalue weighted by Gasteiger charge is -1.98. The summed E-state index contributed by atoms with van der Waals surface area (Å²) in [7, 11) is 2.65. The molecule has 1 aromatic rings. The molecular weight excluding hydrogens is 129 g/mol. The van der Waals surface area contributed by atoms with Crippen LogP contribution < -0.4 is 11.0 Å². The predicted octanol–water partition coefficient (Wildman–Crippen LogP) is 0.646. The van der Waals surface area contributed by atoms with Crippen LogP contribution in [0.25, 0.3) is 0 Å². The Morgan fingerprint density at radius 3 is 2.44 bits per heavy atom.